The van der Waals surface area contributed by atoms with Gasteiger partial charge in [-0.1, -0.05) is 25.1 Å². The Hall–Kier alpha value is -3.22. The quantitative estimate of drug-likeness (QED) is 0.442. The molecule has 0 spiro atoms. The minimum absolute atomic E-state index is 0.0185. The predicted molar refractivity (Wildman–Crippen MR) is 106 cm³/mol. The van der Waals surface area contributed by atoms with Gasteiger partial charge in [0.05, 0.1) is 12.8 Å². The molecule has 2 aromatic carbocycles. The Morgan fingerprint density at radius 3 is 2.56 bits per heavy atom. The van der Waals surface area contributed by atoms with E-state index in [4.69, 9.17) is 16.2 Å². The molecule has 1 amide bonds. The fourth-order valence-corrected chi connectivity index (χ4v) is 2.72. The summed E-state index contributed by atoms with van der Waals surface area (Å²) < 4.78 is 19.5. The summed E-state index contributed by atoms with van der Waals surface area (Å²) in [7, 11) is 3.12. The average molecular weight is 372 g/mol. The van der Waals surface area contributed by atoms with Gasteiger partial charge in [0.2, 0.25) is 0 Å². The highest BCUT2D eigenvalue weighted by Crippen LogP contribution is 2.34. The molecule has 2 aromatic rings. The van der Waals surface area contributed by atoms with Gasteiger partial charge in [0, 0.05) is 42.0 Å². The summed E-state index contributed by atoms with van der Waals surface area (Å²) >= 11 is 0. The van der Waals surface area contributed by atoms with E-state index in [1.54, 1.807) is 37.4 Å². The van der Waals surface area contributed by atoms with Crippen molar-refractivity contribution in [1.82, 2.24) is 10.6 Å². The van der Waals surface area contributed by atoms with Crippen molar-refractivity contribution in [3.05, 3.63) is 53.5 Å². The maximum Gasteiger partial charge on any atom is 0.269 e. The molecule has 0 bridgehead atoms. The molecule has 0 heterocycles. The number of amides is 1. The van der Waals surface area contributed by atoms with Crippen molar-refractivity contribution in [2.45, 2.75) is 13.3 Å². The predicted octanol–water partition coefficient (Wildman–Crippen LogP) is 2.46. The Kier molecular flexibility index (Phi) is 6.65. The monoisotopic (exact) mass is 372 g/mol. The molecule has 0 atom stereocenters. The van der Waals surface area contributed by atoms with E-state index >= 15 is 0 Å². The first-order chi connectivity index (χ1) is 12.9. The van der Waals surface area contributed by atoms with Crippen molar-refractivity contribution in [3.63, 3.8) is 0 Å². The van der Waals surface area contributed by atoms with Crippen LogP contribution >= 0.6 is 0 Å². The fraction of sp³-hybridized carbons (Fsp3) is 0.250. The number of halogens is 1. The minimum Gasteiger partial charge on any atom is -0.497 e. The van der Waals surface area contributed by atoms with Gasteiger partial charge in [-0.15, -0.1) is 0 Å². The number of carbonyl (C=O) groups excluding carboxylic acids is 1. The van der Waals surface area contributed by atoms with E-state index in [1.807, 2.05) is 6.92 Å². The molecule has 6 N–H and O–H groups in total. The minimum atomic E-state index is -0.457. The second-order valence-electron chi connectivity index (χ2n) is 5.91. The van der Waals surface area contributed by atoms with Crippen molar-refractivity contribution in [1.29, 1.82) is 0 Å². The molecule has 144 valence electrons. The number of benzene rings is 2. The normalized spacial score (nSPS) is 11.6. The molecule has 7 heteroatoms. The number of hydrogen-bond acceptors (Lipinski definition) is 5. The second-order valence-corrected chi connectivity index (χ2v) is 5.91. The SMILES string of the molecule is CCCNC(=O)/C(N)=C(\NC)c1cccc(-c2ccc(OC)cc2F)c1N. The van der Waals surface area contributed by atoms with E-state index in [9.17, 15) is 9.18 Å². The number of rotatable bonds is 7. The van der Waals surface area contributed by atoms with Gasteiger partial charge in [0.1, 0.15) is 17.3 Å². The molecule has 0 radical (unpaired) electrons. The number of methoxy groups -OCH3 is 1. The van der Waals surface area contributed by atoms with Crippen LogP contribution in [0.4, 0.5) is 10.1 Å². The summed E-state index contributed by atoms with van der Waals surface area (Å²) in [5, 5.41) is 5.66. The molecule has 2 rings (SSSR count). The van der Waals surface area contributed by atoms with E-state index < -0.39 is 5.82 Å². The van der Waals surface area contributed by atoms with Gasteiger partial charge in [-0.05, 0) is 18.6 Å². The summed E-state index contributed by atoms with van der Waals surface area (Å²) in [5.74, 6) is -0.429. The molecule has 0 saturated heterocycles. The van der Waals surface area contributed by atoms with Gasteiger partial charge in [0.15, 0.2) is 0 Å². The molecule has 0 aliphatic carbocycles. The zero-order valence-corrected chi connectivity index (χ0v) is 15.7. The second kappa shape index (κ2) is 8.93. The van der Waals surface area contributed by atoms with Crippen molar-refractivity contribution < 1.29 is 13.9 Å². The van der Waals surface area contributed by atoms with E-state index in [-0.39, 0.29) is 11.6 Å². The first-order valence-corrected chi connectivity index (χ1v) is 8.63. The summed E-state index contributed by atoms with van der Waals surface area (Å²) in [6.07, 6.45) is 0.794. The maximum atomic E-state index is 14.5. The summed E-state index contributed by atoms with van der Waals surface area (Å²) in [5.41, 5.74) is 14.4. The summed E-state index contributed by atoms with van der Waals surface area (Å²) in [6.45, 7) is 2.47. The van der Waals surface area contributed by atoms with E-state index in [1.165, 1.54) is 13.2 Å². The summed E-state index contributed by atoms with van der Waals surface area (Å²) in [6, 6.07) is 9.73. The maximum absolute atomic E-state index is 14.5. The third-order valence-corrected chi connectivity index (χ3v) is 4.14. The van der Waals surface area contributed by atoms with E-state index in [0.717, 1.165) is 6.42 Å². The first kappa shape index (κ1) is 20.1. The smallest absolute Gasteiger partial charge is 0.269 e. The largest absolute Gasteiger partial charge is 0.497 e. The van der Waals surface area contributed by atoms with Crippen LogP contribution in [0.5, 0.6) is 5.75 Å². The van der Waals surface area contributed by atoms with Crippen LogP contribution < -0.4 is 26.8 Å². The van der Waals surface area contributed by atoms with Gasteiger partial charge < -0.3 is 26.8 Å². The first-order valence-electron chi connectivity index (χ1n) is 8.63. The zero-order valence-electron chi connectivity index (χ0n) is 15.7. The van der Waals surface area contributed by atoms with E-state index in [2.05, 4.69) is 10.6 Å². The number of nitrogens with one attached hydrogen (secondary N) is 2. The third-order valence-electron chi connectivity index (χ3n) is 4.14. The van der Waals surface area contributed by atoms with Gasteiger partial charge in [-0.3, -0.25) is 4.79 Å². The number of nitrogen functional groups attached to an aromatic ring is 1. The van der Waals surface area contributed by atoms with Crippen LogP contribution in [0.15, 0.2) is 42.1 Å². The van der Waals surface area contributed by atoms with Crippen molar-refractivity contribution in [2.24, 2.45) is 5.73 Å². The molecule has 0 aliphatic heterocycles. The lowest BCUT2D eigenvalue weighted by Crippen LogP contribution is -2.32. The van der Waals surface area contributed by atoms with Crippen LogP contribution in [-0.4, -0.2) is 26.6 Å². The Labute approximate surface area is 158 Å². The van der Waals surface area contributed by atoms with Crippen LogP contribution in [0.2, 0.25) is 0 Å². The topological polar surface area (TPSA) is 102 Å². The fourth-order valence-electron chi connectivity index (χ4n) is 2.72. The average Bonchev–Trinajstić information content (AvgIpc) is 2.68. The molecule has 0 unspecified atom stereocenters. The number of carbonyl (C=O) groups is 1. The molecule has 0 aromatic heterocycles. The van der Waals surface area contributed by atoms with Gasteiger partial charge >= 0.3 is 0 Å². The number of nitrogens with two attached hydrogens (primary N) is 2. The third kappa shape index (κ3) is 4.31. The highest BCUT2D eigenvalue weighted by Gasteiger charge is 2.18. The molecular formula is C20H25FN4O2. The van der Waals surface area contributed by atoms with Crippen molar-refractivity contribution >= 4 is 17.3 Å². The number of anilines is 1. The molecular weight excluding hydrogens is 347 g/mol. The molecule has 0 aliphatic rings. The highest BCUT2D eigenvalue weighted by atomic mass is 19.1. The van der Waals surface area contributed by atoms with Crippen LogP contribution in [0.1, 0.15) is 18.9 Å². The molecule has 6 nitrogen and oxygen atoms in total. The van der Waals surface area contributed by atoms with Gasteiger partial charge in [0.25, 0.3) is 5.91 Å². The molecule has 0 saturated carbocycles. The Morgan fingerprint density at radius 1 is 1.22 bits per heavy atom. The van der Waals surface area contributed by atoms with Crippen molar-refractivity contribution in [3.8, 4) is 16.9 Å². The molecule has 27 heavy (non-hydrogen) atoms. The Balaban J connectivity index is 2.54. The van der Waals surface area contributed by atoms with Gasteiger partial charge in [-0.25, -0.2) is 4.39 Å². The van der Waals surface area contributed by atoms with Crippen molar-refractivity contribution in [2.75, 3.05) is 26.4 Å². The van der Waals surface area contributed by atoms with E-state index in [0.29, 0.717) is 40.4 Å². The van der Waals surface area contributed by atoms with Crippen LogP contribution in [0.3, 0.4) is 0 Å². The number of para-hydroxylation sites is 1. The van der Waals surface area contributed by atoms with Crippen LogP contribution in [0.25, 0.3) is 16.8 Å². The summed E-state index contributed by atoms with van der Waals surface area (Å²) in [4.78, 5) is 12.2. The molecule has 0 fully saturated rings. The standard InChI is InChI=1S/C20H25FN4O2/c1-4-10-25-20(26)18(23)19(24-2)15-7-5-6-14(17(15)22)13-9-8-12(27-3)11-16(13)21/h5-9,11,24H,4,10,22-23H2,1-3H3,(H,25,26)/b19-18+. The lowest BCUT2D eigenvalue weighted by atomic mass is 9.97. The van der Waals surface area contributed by atoms with Gasteiger partial charge in [-0.2, -0.15) is 0 Å². The Bertz CT molecular complexity index is 865. The number of hydrogen-bond donors (Lipinski definition) is 4. The highest BCUT2D eigenvalue weighted by molar-refractivity contribution is 6.02. The lowest BCUT2D eigenvalue weighted by Gasteiger charge is -2.17. The number of ether oxygens (including phenoxy) is 1. The lowest BCUT2D eigenvalue weighted by molar-refractivity contribution is -0.117. The zero-order chi connectivity index (χ0) is 20.0. The Morgan fingerprint density at radius 2 is 1.96 bits per heavy atom. The van der Waals surface area contributed by atoms with Crippen LogP contribution in [0, 0.1) is 5.82 Å². The van der Waals surface area contributed by atoms with Crippen LogP contribution in [-0.2, 0) is 4.79 Å².